The summed E-state index contributed by atoms with van der Waals surface area (Å²) in [6, 6.07) is 3.60. The normalized spacial score (nSPS) is 18.8. The van der Waals surface area contributed by atoms with Gasteiger partial charge in [0.15, 0.2) is 0 Å². The van der Waals surface area contributed by atoms with Gasteiger partial charge in [-0.2, -0.15) is 0 Å². The van der Waals surface area contributed by atoms with Crippen LogP contribution in [0.5, 0.6) is 0 Å². The molecule has 0 aromatic carbocycles. The molecule has 7 heteroatoms. The fraction of sp³-hybridized carbons (Fsp3) is 0.455. The number of pyridine rings is 1. The Bertz CT molecular complexity index is 496. The van der Waals surface area contributed by atoms with Crippen molar-refractivity contribution in [3.8, 4) is 0 Å². The third-order valence-corrected chi connectivity index (χ3v) is 2.92. The van der Waals surface area contributed by atoms with Crippen molar-refractivity contribution < 1.29 is 4.79 Å². The lowest BCUT2D eigenvalue weighted by atomic mass is 10.1. The second-order valence-electron chi connectivity index (χ2n) is 4.35. The van der Waals surface area contributed by atoms with Gasteiger partial charge in [-0.3, -0.25) is 4.79 Å². The van der Waals surface area contributed by atoms with E-state index < -0.39 is 0 Å². The first kappa shape index (κ1) is 12.2. The first-order chi connectivity index (χ1) is 8.69. The van der Waals surface area contributed by atoms with E-state index in [4.69, 9.17) is 11.3 Å². The highest BCUT2D eigenvalue weighted by molar-refractivity contribution is 5.78. The number of carbonyl (C=O) groups is 1. The quantitative estimate of drug-likeness (QED) is 0.491. The fourth-order valence-corrected chi connectivity index (χ4v) is 2.09. The summed E-state index contributed by atoms with van der Waals surface area (Å²) in [7, 11) is 0. The van der Waals surface area contributed by atoms with Crippen LogP contribution in [-0.4, -0.2) is 28.9 Å². The predicted octanol–water partition coefficient (Wildman–Crippen LogP) is 1.32. The number of nitrogen functional groups attached to an aromatic ring is 1. The molecular weight excluding hydrogens is 232 g/mol. The maximum Gasteiger partial charge on any atom is 0.223 e. The van der Waals surface area contributed by atoms with Gasteiger partial charge in [0.2, 0.25) is 5.91 Å². The molecule has 0 radical (unpaired) electrons. The number of likely N-dealkylation sites (tertiary alicyclic amines) is 1. The number of amides is 1. The Balaban J connectivity index is 1.98. The van der Waals surface area contributed by atoms with E-state index in [1.165, 1.54) is 0 Å². The molecule has 1 unspecified atom stereocenters. The Labute approximate surface area is 104 Å². The molecule has 94 valence electrons. The number of nitrogens with two attached hydrogens (primary N) is 1. The number of nitrogens with zero attached hydrogens (tertiary/aromatic N) is 5. The average molecular weight is 246 g/mol. The molecule has 0 spiro atoms. The summed E-state index contributed by atoms with van der Waals surface area (Å²) in [6.45, 7) is 1.52. The molecule has 0 bridgehead atoms. The van der Waals surface area contributed by atoms with Crippen LogP contribution in [0.1, 0.15) is 12.0 Å². The SMILES string of the molecule is [N-]=[N+]=NCC1CC(=O)N(Cc2ccnc(N)c2)C1. The largest absolute Gasteiger partial charge is 0.384 e. The van der Waals surface area contributed by atoms with E-state index in [-0.39, 0.29) is 11.8 Å². The van der Waals surface area contributed by atoms with E-state index in [0.717, 1.165) is 5.56 Å². The van der Waals surface area contributed by atoms with Crippen molar-refractivity contribution in [2.75, 3.05) is 18.8 Å². The van der Waals surface area contributed by atoms with Crippen LogP contribution < -0.4 is 5.73 Å². The Hall–Kier alpha value is -2.27. The molecule has 2 heterocycles. The van der Waals surface area contributed by atoms with Crippen LogP contribution in [-0.2, 0) is 11.3 Å². The van der Waals surface area contributed by atoms with Gasteiger partial charge in [0.25, 0.3) is 0 Å². The predicted molar refractivity (Wildman–Crippen MR) is 66.2 cm³/mol. The number of carbonyl (C=O) groups excluding carboxylic acids is 1. The summed E-state index contributed by atoms with van der Waals surface area (Å²) in [5.74, 6) is 0.654. The molecular formula is C11H14N6O. The van der Waals surface area contributed by atoms with Crippen LogP contribution in [0.2, 0.25) is 0 Å². The Morgan fingerprint density at radius 3 is 3.22 bits per heavy atom. The lowest BCUT2D eigenvalue weighted by Gasteiger charge is -2.16. The number of hydrogen-bond donors (Lipinski definition) is 1. The third-order valence-electron chi connectivity index (χ3n) is 2.92. The molecule has 1 aromatic rings. The van der Waals surface area contributed by atoms with Crippen LogP contribution in [0.4, 0.5) is 5.82 Å². The van der Waals surface area contributed by atoms with Crippen LogP contribution in [0.15, 0.2) is 23.4 Å². The summed E-state index contributed by atoms with van der Waals surface area (Å²) < 4.78 is 0. The molecule has 1 atom stereocenters. The van der Waals surface area contributed by atoms with Crippen LogP contribution in [0.25, 0.3) is 10.4 Å². The fourth-order valence-electron chi connectivity index (χ4n) is 2.09. The first-order valence-corrected chi connectivity index (χ1v) is 5.68. The van der Waals surface area contributed by atoms with Crippen molar-refractivity contribution in [1.82, 2.24) is 9.88 Å². The Kier molecular flexibility index (Phi) is 3.64. The molecule has 2 rings (SSSR count). The van der Waals surface area contributed by atoms with Gasteiger partial charge in [-0.05, 0) is 29.1 Å². The van der Waals surface area contributed by atoms with Crippen molar-refractivity contribution in [3.63, 3.8) is 0 Å². The standard InChI is InChI=1S/C11H14N6O/c12-10-3-8(1-2-14-10)6-17-7-9(4-11(17)18)5-15-16-13/h1-3,9H,4-7H2,(H2,12,14). The molecule has 1 aliphatic heterocycles. The molecule has 18 heavy (non-hydrogen) atoms. The van der Waals surface area contributed by atoms with Gasteiger partial charge in [0, 0.05) is 37.2 Å². The molecule has 2 N–H and O–H groups in total. The van der Waals surface area contributed by atoms with Crippen molar-refractivity contribution in [2.45, 2.75) is 13.0 Å². The van der Waals surface area contributed by atoms with E-state index in [1.807, 2.05) is 6.07 Å². The first-order valence-electron chi connectivity index (χ1n) is 5.68. The summed E-state index contributed by atoms with van der Waals surface area (Å²) in [6.07, 6.45) is 2.07. The summed E-state index contributed by atoms with van der Waals surface area (Å²) >= 11 is 0. The molecule has 0 saturated carbocycles. The van der Waals surface area contributed by atoms with Crippen molar-refractivity contribution in [2.24, 2.45) is 11.0 Å². The van der Waals surface area contributed by atoms with Gasteiger partial charge in [0.05, 0.1) is 0 Å². The molecule has 1 fully saturated rings. The molecule has 1 saturated heterocycles. The molecule has 0 aliphatic carbocycles. The van der Waals surface area contributed by atoms with E-state index >= 15 is 0 Å². The summed E-state index contributed by atoms with van der Waals surface area (Å²) in [4.78, 5) is 20.2. The lowest BCUT2D eigenvalue weighted by Crippen LogP contribution is -2.24. The van der Waals surface area contributed by atoms with Crippen molar-refractivity contribution in [3.05, 3.63) is 34.3 Å². The van der Waals surface area contributed by atoms with Gasteiger partial charge in [0.1, 0.15) is 5.82 Å². The van der Waals surface area contributed by atoms with Gasteiger partial charge < -0.3 is 10.6 Å². The van der Waals surface area contributed by atoms with Crippen LogP contribution in [0, 0.1) is 5.92 Å². The van der Waals surface area contributed by atoms with Gasteiger partial charge >= 0.3 is 0 Å². The van der Waals surface area contributed by atoms with Crippen LogP contribution in [0.3, 0.4) is 0 Å². The topological polar surface area (TPSA) is 108 Å². The maximum absolute atomic E-state index is 11.8. The second kappa shape index (κ2) is 5.37. The minimum atomic E-state index is 0.0866. The average Bonchev–Trinajstić information content (AvgIpc) is 2.68. The zero-order chi connectivity index (χ0) is 13.0. The summed E-state index contributed by atoms with van der Waals surface area (Å²) in [5.41, 5.74) is 14.8. The number of azide groups is 1. The minimum absolute atomic E-state index is 0.0866. The van der Waals surface area contributed by atoms with Crippen LogP contribution >= 0.6 is 0 Å². The molecule has 1 aromatic heterocycles. The highest BCUT2D eigenvalue weighted by Gasteiger charge is 2.28. The zero-order valence-electron chi connectivity index (χ0n) is 9.86. The van der Waals surface area contributed by atoms with E-state index in [1.54, 1.807) is 17.2 Å². The van der Waals surface area contributed by atoms with Gasteiger partial charge in [-0.1, -0.05) is 5.11 Å². The highest BCUT2D eigenvalue weighted by atomic mass is 16.2. The maximum atomic E-state index is 11.8. The van der Waals surface area contributed by atoms with E-state index in [0.29, 0.717) is 31.9 Å². The third kappa shape index (κ3) is 2.89. The Morgan fingerprint density at radius 2 is 2.50 bits per heavy atom. The zero-order valence-corrected chi connectivity index (χ0v) is 9.86. The van der Waals surface area contributed by atoms with E-state index in [9.17, 15) is 4.79 Å². The van der Waals surface area contributed by atoms with Gasteiger partial charge in [-0.25, -0.2) is 4.98 Å². The smallest absolute Gasteiger partial charge is 0.223 e. The second-order valence-corrected chi connectivity index (χ2v) is 4.35. The van der Waals surface area contributed by atoms with Crippen molar-refractivity contribution in [1.29, 1.82) is 0 Å². The van der Waals surface area contributed by atoms with Gasteiger partial charge in [-0.15, -0.1) is 0 Å². The number of anilines is 1. The van der Waals surface area contributed by atoms with E-state index in [2.05, 4.69) is 15.0 Å². The minimum Gasteiger partial charge on any atom is -0.384 e. The number of hydrogen-bond acceptors (Lipinski definition) is 4. The summed E-state index contributed by atoms with van der Waals surface area (Å²) in [5, 5.41) is 3.52. The molecule has 7 nitrogen and oxygen atoms in total. The highest BCUT2D eigenvalue weighted by Crippen LogP contribution is 2.20. The molecule has 1 amide bonds. The monoisotopic (exact) mass is 246 g/mol. The van der Waals surface area contributed by atoms with Crippen molar-refractivity contribution >= 4 is 11.7 Å². The lowest BCUT2D eigenvalue weighted by molar-refractivity contribution is -0.128. The Morgan fingerprint density at radius 1 is 1.67 bits per heavy atom. The number of aromatic nitrogens is 1. The molecule has 1 aliphatic rings. The number of rotatable bonds is 4.